The van der Waals surface area contributed by atoms with E-state index in [1.807, 2.05) is 33.8 Å². The van der Waals surface area contributed by atoms with Gasteiger partial charge in [-0.2, -0.15) is 0 Å². The van der Waals surface area contributed by atoms with Crippen molar-refractivity contribution in [1.29, 1.82) is 0 Å². The smallest absolute Gasteiger partial charge is 0.161 e. The monoisotopic (exact) mass is 314 g/mol. The van der Waals surface area contributed by atoms with Gasteiger partial charge in [-0.05, 0) is 38.7 Å². The molecule has 22 heavy (non-hydrogen) atoms. The summed E-state index contributed by atoms with van der Waals surface area (Å²) in [5, 5.41) is 28.4. The van der Waals surface area contributed by atoms with Crippen LogP contribution in [0.15, 0.2) is 24.5 Å². The molecule has 0 saturated carbocycles. The summed E-state index contributed by atoms with van der Waals surface area (Å²) in [6.45, 7) is 11.1. The van der Waals surface area contributed by atoms with Gasteiger partial charge in [0.05, 0.1) is 18.3 Å². The van der Waals surface area contributed by atoms with Gasteiger partial charge in [-0.3, -0.25) is 0 Å². The maximum atomic E-state index is 10.1. The minimum atomic E-state index is -0.679. The van der Waals surface area contributed by atoms with E-state index in [0.29, 0.717) is 0 Å². The van der Waals surface area contributed by atoms with Crippen LogP contribution in [0.1, 0.15) is 40.5 Å². The van der Waals surface area contributed by atoms with E-state index >= 15 is 0 Å². The molecule has 1 aliphatic rings. The van der Waals surface area contributed by atoms with Crippen molar-refractivity contribution in [3.63, 3.8) is 0 Å². The van der Waals surface area contributed by atoms with Gasteiger partial charge in [-0.15, -0.1) is 0 Å². The molecule has 5 atom stereocenters. The first kappa shape index (κ1) is 19.2. The normalized spacial score (nSPS) is 33.3. The fourth-order valence-corrected chi connectivity index (χ4v) is 2.58. The third kappa shape index (κ3) is 5.39. The zero-order valence-electron chi connectivity index (χ0n) is 14.0. The van der Waals surface area contributed by atoms with Crippen molar-refractivity contribution < 1.29 is 24.8 Å². The molecule has 128 valence electrons. The second-order valence-corrected chi connectivity index (χ2v) is 6.74. The molecule has 3 N–H and O–H groups in total. The predicted molar refractivity (Wildman–Crippen MR) is 85.4 cm³/mol. The predicted octanol–water partition coefficient (Wildman–Crippen LogP) is 2.54. The van der Waals surface area contributed by atoms with Crippen molar-refractivity contribution >= 4 is 0 Å². The molecule has 0 aliphatic carbocycles. The first-order valence-electron chi connectivity index (χ1n) is 7.84. The molecule has 5 heteroatoms. The Morgan fingerprint density at radius 3 is 2.50 bits per heavy atom. The number of rotatable bonds is 7. The van der Waals surface area contributed by atoms with E-state index in [-0.39, 0.29) is 24.2 Å². The van der Waals surface area contributed by atoms with Gasteiger partial charge in [0, 0.05) is 5.92 Å². The summed E-state index contributed by atoms with van der Waals surface area (Å²) in [6.07, 6.45) is 3.17. The van der Waals surface area contributed by atoms with Crippen LogP contribution >= 0.6 is 0 Å². The Balaban J connectivity index is 2.60. The molecule has 0 amide bonds. The Morgan fingerprint density at radius 2 is 1.95 bits per heavy atom. The van der Waals surface area contributed by atoms with Crippen LogP contribution in [0.25, 0.3) is 0 Å². The standard InChI is InChI=1S/C17H30O5/c1-11(19)8-6-7-9-17(4,5)22-16-13(3)12(2)15(20)14(10-18)21-16/h6,8,12-16,18-20H,1,7,9-10H2,2-5H3/b8-6+/t12-,13-,14-,15+,16+/m1/s1. The van der Waals surface area contributed by atoms with Gasteiger partial charge in [-0.1, -0.05) is 26.5 Å². The summed E-state index contributed by atoms with van der Waals surface area (Å²) in [7, 11) is 0. The van der Waals surface area contributed by atoms with Crippen LogP contribution < -0.4 is 0 Å². The molecule has 1 aliphatic heterocycles. The molecule has 1 heterocycles. The van der Waals surface area contributed by atoms with Crippen molar-refractivity contribution in [3.05, 3.63) is 24.5 Å². The zero-order chi connectivity index (χ0) is 16.9. The lowest BCUT2D eigenvalue weighted by Gasteiger charge is -2.44. The molecule has 1 saturated heterocycles. The van der Waals surface area contributed by atoms with Crippen LogP contribution in [0, 0.1) is 11.8 Å². The molecule has 0 radical (unpaired) electrons. The lowest BCUT2D eigenvalue weighted by molar-refractivity contribution is -0.297. The van der Waals surface area contributed by atoms with Crippen molar-refractivity contribution in [2.45, 2.75) is 64.6 Å². The number of hydrogen-bond acceptors (Lipinski definition) is 5. The molecule has 0 unspecified atom stereocenters. The van der Waals surface area contributed by atoms with Crippen molar-refractivity contribution in [1.82, 2.24) is 0 Å². The molecular weight excluding hydrogens is 284 g/mol. The van der Waals surface area contributed by atoms with Crippen molar-refractivity contribution in [3.8, 4) is 0 Å². The Hall–Kier alpha value is -0.880. The van der Waals surface area contributed by atoms with Crippen LogP contribution in [0.3, 0.4) is 0 Å². The quantitative estimate of drug-likeness (QED) is 0.497. The van der Waals surface area contributed by atoms with E-state index in [4.69, 9.17) is 14.6 Å². The molecule has 1 rings (SSSR count). The summed E-state index contributed by atoms with van der Waals surface area (Å²) < 4.78 is 11.8. The summed E-state index contributed by atoms with van der Waals surface area (Å²) in [5.41, 5.74) is -0.415. The summed E-state index contributed by atoms with van der Waals surface area (Å²) in [6, 6.07) is 0. The van der Waals surface area contributed by atoms with E-state index in [2.05, 4.69) is 6.58 Å². The third-order valence-corrected chi connectivity index (χ3v) is 4.33. The van der Waals surface area contributed by atoms with Gasteiger partial charge in [0.25, 0.3) is 0 Å². The maximum absolute atomic E-state index is 10.1. The van der Waals surface area contributed by atoms with Crippen molar-refractivity contribution in [2.75, 3.05) is 6.61 Å². The van der Waals surface area contributed by atoms with Gasteiger partial charge >= 0.3 is 0 Å². The molecule has 0 aromatic carbocycles. The highest BCUT2D eigenvalue weighted by atomic mass is 16.7. The first-order valence-corrected chi connectivity index (χ1v) is 7.84. The number of hydrogen-bond donors (Lipinski definition) is 3. The largest absolute Gasteiger partial charge is 0.509 e. The summed E-state index contributed by atoms with van der Waals surface area (Å²) >= 11 is 0. The van der Waals surface area contributed by atoms with E-state index in [1.54, 1.807) is 6.08 Å². The van der Waals surface area contributed by atoms with Crippen molar-refractivity contribution in [2.24, 2.45) is 11.8 Å². The first-order chi connectivity index (χ1) is 10.2. The number of allylic oxidation sites excluding steroid dienone is 2. The zero-order valence-corrected chi connectivity index (χ0v) is 14.0. The molecule has 0 aromatic heterocycles. The minimum absolute atomic E-state index is 0.00990. The second kappa shape index (κ2) is 8.11. The molecule has 0 spiro atoms. The van der Waals surface area contributed by atoms with Crippen LogP contribution in [0.2, 0.25) is 0 Å². The van der Waals surface area contributed by atoms with Crippen LogP contribution in [-0.4, -0.2) is 46.0 Å². The van der Waals surface area contributed by atoms with Crippen LogP contribution in [0.4, 0.5) is 0 Å². The maximum Gasteiger partial charge on any atom is 0.161 e. The number of ether oxygens (including phenoxy) is 2. The lowest BCUT2D eigenvalue weighted by Crippen LogP contribution is -2.53. The third-order valence-electron chi connectivity index (χ3n) is 4.33. The average molecular weight is 314 g/mol. The van der Waals surface area contributed by atoms with E-state index in [9.17, 15) is 10.2 Å². The number of aliphatic hydroxyl groups is 3. The van der Waals surface area contributed by atoms with E-state index in [0.717, 1.165) is 12.8 Å². The summed E-state index contributed by atoms with van der Waals surface area (Å²) in [5.74, 6) is 0.0608. The lowest BCUT2D eigenvalue weighted by atomic mass is 9.84. The molecule has 0 bridgehead atoms. The molecule has 0 aromatic rings. The van der Waals surface area contributed by atoms with Gasteiger partial charge in [0.2, 0.25) is 0 Å². The van der Waals surface area contributed by atoms with Gasteiger partial charge in [-0.25, -0.2) is 0 Å². The number of aliphatic hydroxyl groups excluding tert-OH is 3. The van der Waals surface area contributed by atoms with E-state index in [1.165, 1.54) is 0 Å². The Morgan fingerprint density at radius 1 is 1.32 bits per heavy atom. The van der Waals surface area contributed by atoms with Crippen LogP contribution in [-0.2, 0) is 9.47 Å². The second-order valence-electron chi connectivity index (χ2n) is 6.74. The van der Waals surface area contributed by atoms with Gasteiger partial charge < -0.3 is 24.8 Å². The fraction of sp³-hybridized carbons (Fsp3) is 0.765. The Kier molecular flexibility index (Phi) is 7.06. The highest BCUT2D eigenvalue weighted by molar-refractivity contribution is 5.05. The fourth-order valence-electron chi connectivity index (χ4n) is 2.58. The Labute approximate surface area is 133 Å². The highest BCUT2D eigenvalue weighted by Gasteiger charge is 2.42. The van der Waals surface area contributed by atoms with Gasteiger partial charge in [0.15, 0.2) is 6.29 Å². The SMILES string of the molecule is C=C(O)/C=C/CCC(C)(C)O[C@@H]1O[C@H](CO)[C@@H](O)[C@H](C)[C@H]1C. The molecule has 1 fully saturated rings. The molecule has 5 nitrogen and oxygen atoms in total. The topological polar surface area (TPSA) is 79.2 Å². The Bertz CT molecular complexity index is 389. The van der Waals surface area contributed by atoms with Crippen LogP contribution in [0.5, 0.6) is 0 Å². The molecular formula is C17H30O5. The van der Waals surface area contributed by atoms with E-state index < -0.39 is 24.1 Å². The minimum Gasteiger partial charge on any atom is -0.509 e. The summed E-state index contributed by atoms with van der Waals surface area (Å²) in [4.78, 5) is 0. The highest BCUT2D eigenvalue weighted by Crippen LogP contribution is 2.34. The van der Waals surface area contributed by atoms with Gasteiger partial charge in [0.1, 0.15) is 11.9 Å². The average Bonchev–Trinajstić information content (AvgIpc) is 2.44.